The molecule has 1 saturated heterocycles. The molecule has 13 nitrogen and oxygen atoms in total. The van der Waals surface area contributed by atoms with Gasteiger partial charge in [0.15, 0.2) is 5.78 Å². The van der Waals surface area contributed by atoms with Crippen molar-refractivity contribution in [3.63, 3.8) is 0 Å². The second-order valence-corrected chi connectivity index (χ2v) is 12.9. The van der Waals surface area contributed by atoms with E-state index in [0.717, 1.165) is 9.04 Å². The zero-order valence-corrected chi connectivity index (χ0v) is 26.7. The molecule has 236 valence electrons. The highest BCUT2D eigenvalue weighted by Crippen LogP contribution is 2.49. The quantitative estimate of drug-likeness (QED) is 0.427. The van der Waals surface area contributed by atoms with E-state index in [0.29, 0.717) is 17.8 Å². The number of aromatic nitrogens is 2. The lowest BCUT2D eigenvalue weighted by Gasteiger charge is -2.43. The number of nitrogens with two attached hydrogens (primary N) is 1. The summed E-state index contributed by atoms with van der Waals surface area (Å²) in [5, 5.41) is 10.4. The zero-order valence-electron chi connectivity index (χ0n) is 25.1. The lowest BCUT2D eigenvalue weighted by atomic mass is 9.69. The number of esters is 2. The summed E-state index contributed by atoms with van der Waals surface area (Å²) in [6.07, 6.45) is -0.935. The molecule has 3 aliphatic rings. The maximum Gasteiger partial charge on any atom is 0.330 e. The van der Waals surface area contributed by atoms with Crippen molar-refractivity contribution in [1.82, 2.24) is 9.55 Å². The van der Waals surface area contributed by atoms with Gasteiger partial charge in [-0.1, -0.05) is 29.8 Å². The highest BCUT2D eigenvalue weighted by molar-refractivity contribution is 9.10. The second kappa shape index (κ2) is 12.1. The number of ether oxygens (including phenoxy) is 3. The van der Waals surface area contributed by atoms with Crippen molar-refractivity contribution >= 4 is 39.3 Å². The summed E-state index contributed by atoms with van der Waals surface area (Å²) in [6.45, 7) is 6.12. The van der Waals surface area contributed by atoms with Gasteiger partial charge >= 0.3 is 17.6 Å². The Morgan fingerprint density at radius 2 is 1.84 bits per heavy atom. The predicted octanol–water partition coefficient (Wildman–Crippen LogP) is 3.02. The number of rotatable bonds is 6. The van der Waals surface area contributed by atoms with Crippen LogP contribution in [0.4, 0.5) is 5.69 Å². The molecule has 0 amide bonds. The van der Waals surface area contributed by atoms with Crippen LogP contribution in [0.2, 0.25) is 0 Å². The van der Waals surface area contributed by atoms with Gasteiger partial charge in [0.25, 0.3) is 5.56 Å². The van der Waals surface area contributed by atoms with E-state index in [2.05, 4.69) is 27.0 Å². The van der Waals surface area contributed by atoms with Gasteiger partial charge in [-0.15, -0.1) is 0 Å². The second-order valence-electron chi connectivity index (χ2n) is 12.0. The van der Waals surface area contributed by atoms with Crippen molar-refractivity contribution in [2.75, 3.05) is 11.5 Å². The van der Waals surface area contributed by atoms with Crippen molar-refractivity contribution in [3.05, 3.63) is 84.0 Å². The van der Waals surface area contributed by atoms with Crippen LogP contribution in [0.15, 0.2) is 67.2 Å². The molecule has 0 spiro atoms. The topological polar surface area (TPSA) is 187 Å². The van der Waals surface area contributed by atoms with Crippen LogP contribution in [0, 0.1) is 16.7 Å². The van der Waals surface area contributed by atoms with E-state index < -0.39 is 53.0 Å². The number of allylic oxidation sites excluding steroid dienone is 3. The van der Waals surface area contributed by atoms with Crippen LogP contribution in [-0.2, 0) is 28.6 Å². The maximum absolute atomic E-state index is 13.9. The third-order valence-electron chi connectivity index (χ3n) is 8.03. The summed E-state index contributed by atoms with van der Waals surface area (Å²) in [5.74, 6) is -2.53. The van der Waals surface area contributed by atoms with Crippen LogP contribution in [0.25, 0.3) is 0 Å². The third kappa shape index (κ3) is 6.23. The molecule has 45 heavy (non-hydrogen) atoms. The van der Waals surface area contributed by atoms with E-state index in [9.17, 15) is 29.2 Å². The predicted molar refractivity (Wildman–Crippen MR) is 163 cm³/mol. The van der Waals surface area contributed by atoms with E-state index in [1.807, 2.05) is 26.0 Å². The lowest BCUT2D eigenvalue weighted by Crippen LogP contribution is -2.44. The highest BCUT2D eigenvalue weighted by atomic mass is 79.9. The number of nitriles is 1. The molecule has 1 aliphatic carbocycles. The van der Waals surface area contributed by atoms with Crippen LogP contribution in [-0.4, -0.2) is 46.1 Å². The molecule has 0 saturated carbocycles. The van der Waals surface area contributed by atoms with Gasteiger partial charge in [0, 0.05) is 59.9 Å². The van der Waals surface area contributed by atoms with E-state index in [1.165, 1.54) is 20.0 Å². The number of hydrogen-bond acceptors (Lipinski definition) is 11. The Hall–Kier alpha value is -4.48. The molecule has 0 bridgehead atoms. The van der Waals surface area contributed by atoms with Crippen LogP contribution >= 0.6 is 15.9 Å². The Balaban J connectivity index is 1.65. The molecule has 1 fully saturated rings. The summed E-state index contributed by atoms with van der Waals surface area (Å²) in [5.41, 5.74) is 5.98. The van der Waals surface area contributed by atoms with Crippen LogP contribution in [0.1, 0.15) is 64.7 Å². The lowest BCUT2D eigenvalue weighted by molar-refractivity contribution is -0.155. The Labute approximate surface area is 266 Å². The Morgan fingerprint density at radius 1 is 1.16 bits per heavy atom. The van der Waals surface area contributed by atoms with Gasteiger partial charge in [0.05, 0.1) is 17.6 Å². The smallest absolute Gasteiger partial charge is 0.330 e. The van der Waals surface area contributed by atoms with E-state index in [1.54, 1.807) is 17.0 Å². The number of aromatic amines is 1. The monoisotopic (exact) mass is 681 g/mol. The minimum atomic E-state index is -1.17. The van der Waals surface area contributed by atoms with Gasteiger partial charge in [-0.05, 0) is 36.1 Å². The van der Waals surface area contributed by atoms with E-state index >= 15 is 0 Å². The highest BCUT2D eigenvalue weighted by Gasteiger charge is 2.46. The van der Waals surface area contributed by atoms with Crippen LogP contribution in [0.3, 0.4) is 0 Å². The van der Waals surface area contributed by atoms with Gasteiger partial charge in [-0.25, -0.2) is 4.79 Å². The SMILES string of the molecule is CC(=O)OC[C@H]1O[C@@H](n2cc(C3C(C#N)=C(N)N(c4ccc(Br)cc4)C4=C3C(=O)CC(C)(C)C4)c(=O)[nH]c2=O)CC1OC(C)=O. The minimum Gasteiger partial charge on any atom is -0.463 e. The number of nitrogens with one attached hydrogen (secondary N) is 1. The molecule has 3 N–H and O–H groups in total. The number of H-pyrrole nitrogens is 1. The van der Waals surface area contributed by atoms with Crippen molar-refractivity contribution in [1.29, 1.82) is 5.26 Å². The molecule has 2 aromatic rings. The molecular weight excluding hydrogens is 650 g/mol. The number of ketones is 1. The maximum atomic E-state index is 13.9. The Morgan fingerprint density at radius 3 is 2.47 bits per heavy atom. The summed E-state index contributed by atoms with van der Waals surface area (Å²) in [4.78, 5) is 67.6. The third-order valence-corrected chi connectivity index (χ3v) is 8.56. The van der Waals surface area contributed by atoms with Crippen molar-refractivity contribution in [2.24, 2.45) is 11.1 Å². The number of nitrogens with zero attached hydrogens (tertiary/aromatic N) is 3. The van der Waals surface area contributed by atoms with Gasteiger partial charge in [0.1, 0.15) is 30.9 Å². The molecule has 1 aromatic carbocycles. The number of benzene rings is 1. The number of halogens is 1. The standard InChI is InChI=1S/C31H32BrN5O8/c1-15(38)43-14-24-23(44-16(2)39)9-25(45-24)36-13-20(29(41)35-30(36)42)26-19(12-33)28(34)37(18-7-5-17(32)6-8-18)21-10-31(3,4)11-22(40)27(21)26/h5-8,13,23-26H,9-11,14,34H2,1-4H3,(H,35,41,42)/t23?,24-,25-,26?/m1/s1. The Kier molecular flexibility index (Phi) is 8.61. The Bertz CT molecular complexity index is 1800. The number of carbonyl (C=O) groups is 3. The molecule has 1 aromatic heterocycles. The molecule has 3 heterocycles. The number of hydrogen-bond donors (Lipinski definition) is 2. The first-order valence-electron chi connectivity index (χ1n) is 14.2. The van der Waals surface area contributed by atoms with Crippen molar-refractivity contribution < 1.29 is 28.6 Å². The molecular formula is C31H32BrN5O8. The fourth-order valence-electron chi connectivity index (χ4n) is 6.18. The molecule has 2 aliphatic heterocycles. The van der Waals surface area contributed by atoms with E-state index in [-0.39, 0.29) is 47.8 Å². The largest absolute Gasteiger partial charge is 0.463 e. The number of anilines is 1. The van der Waals surface area contributed by atoms with Crippen LogP contribution < -0.4 is 21.9 Å². The summed E-state index contributed by atoms with van der Waals surface area (Å²) in [7, 11) is 0. The summed E-state index contributed by atoms with van der Waals surface area (Å²) < 4.78 is 18.3. The van der Waals surface area contributed by atoms with Gasteiger partial charge < -0.3 is 19.9 Å². The summed E-state index contributed by atoms with van der Waals surface area (Å²) in [6, 6.07) is 9.36. The number of Topliss-reactive ketones (excluding diaryl/α,β-unsaturated/α-hetero) is 1. The molecule has 14 heteroatoms. The molecule has 5 rings (SSSR count). The summed E-state index contributed by atoms with van der Waals surface area (Å²) >= 11 is 3.43. The van der Waals surface area contributed by atoms with Crippen LogP contribution in [0.5, 0.6) is 0 Å². The first-order valence-corrected chi connectivity index (χ1v) is 15.0. The number of carbonyl (C=O) groups excluding carboxylic acids is 3. The molecule has 2 unspecified atom stereocenters. The molecule has 4 atom stereocenters. The average molecular weight is 683 g/mol. The molecule has 0 radical (unpaired) electrons. The van der Waals surface area contributed by atoms with Crippen molar-refractivity contribution in [3.8, 4) is 6.07 Å². The van der Waals surface area contributed by atoms with Gasteiger partial charge in [-0.3, -0.25) is 33.6 Å². The van der Waals surface area contributed by atoms with E-state index in [4.69, 9.17) is 19.9 Å². The minimum absolute atomic E-state index is 0.00304. The van der Waals surface area contributed by atoms with Gasteiger partial charge in [-0.2, -0.15) is 5.26 Å². The average Bonchev–Trinajstić information content (AvgIpc) is 3.33. The zero-order chi connectivity index (χ0) is 32.8. The van der Waals surface area contributed by atoms with Gasteiger partial charge in [0.2, 0.25) is 0 Å². The first-order chi connectivity index (χ1) is 21.2. The van der Waals surface area contributed by atoms with Crippen molar-refractivity contribution in [2.45, 2.75) is 71.3 Å². The normalized spacial score (nSPS) is 24.3. The fraction of sp³-hybridized carbons (Fsp3) is 0.419. The first kappa shape index (κ1) is 31.9. The fourth-order valence-corrected chi connectivity index (χ4v) is 6.45.